The van der Waals surface area contributed by atoms with Crippen LogP contribution < -0.4 is 10.1 Å². The van der Waals surface area contributed by atoms with Crippen LogP contribution in [0.25, 0.3) is 11.0 Å². The van der Waals surface area contributed by atoms with Gasteiger partial charge in [0.25, 0.3) is 5.91 Å². The van der Waals surface area contributed by atoms with E-state index in [0.29, 0.717) is 29.3 Å². The highest BCUT2D eigenvalue weighted by atomic mass is 16.5. The SMILES string of the molecule is COc1cccc2cc(CNc3[nH]ncc3C(=O)N(C)C)oc12. The number of benzene rings is 1. The largest absolute Gasteiger partial charge is 0.493 e. The molecule has 3 aromatic rings. The van der Waals surface area contributed by atoms with Crippen molar-refractivity contribution in [3.8, 4) is 5.75 Å². The number of carbonyl (C=O) groups is 1. The van der Waals surface area contributed by atoms with Crippen LogP contribution in [0.1, 0.15) is 16.1 Å². The lowest BCUT2D eigenvalue weighted by Crippen LogP contribution is -2.22. The number of furan rings is 1. The second-order valence-electron chi connectivity index (χ2n) is 5.30. The van der Waals surface area contributed by atoms with Crippen molar-refractivity contribution in [1.29, 1.82) is 0 Å². The lowest BCUT2D eigenvalue weighted by atomic mass is 10.2. The Kier molecular flexibility index (Phi) is 3.92. The molecule has 2 N–H and O–H groups in total. The van der Waals surface area contributed by atoms with Crippen LogP contribution in [0.2, 0.25) is 0 Å². The zero-order valence-electron chi connectivity index (χ0n) is 13.2. The standard InChI is InChI=1S/C16H18N4O3/c1-20(2)16(21)12-9-18-19-15(12)17-8-11-7-10-5-4-6-13(22-3)14(10)23-11/h4-7,9H,8H2,1-3H3,(H2,17,18,19). The molecule has 3 rings (SSSR count). The monoisotopic (exact) mass is 314 g/mol. The van der Waals surface area contributed by atoms with Crippen LogP contribution in [-0.4, -0.2) is 42.2 Å². The number of carbonyl (C=O) groups excluding carboxylic acids is 1. The van der Waals surface area contributed by atoms with Crippen LogP contribution in [0.15, 0.2) is 34.9 Å². The second-order valence-corrected chi connectivity index (χ2v) is 5.30. The van der Waals surface area contributed by atoms with Gasteiger partial charge in [0, 0.05) is 19.5 Å². The maximum Gasteiger partial charge on any atom is 0.258 e. The van der Waals surface area contributed by atoms with Crippen LogP contribution in [0, 0.1) is 0 Å². The highest BCUT2D eigenvalue weighted by molar-refractivity contribution is 5.98. The molecule has 0 saturated heterocycles. The summed E-state index contributed by atoms with van der Waals surface area (Å²) in [4.78, 5) is 13.6. The van der Waals surface area contributed by atoms with E-state index in [2.05, 4.69) is 15.5 Å². The van der Waals surface area contributed by atoms with Gasteiger partial charge in [-0.25, -0.2) is 0 Å². The van der Waals surface area contributed by atoms with Crippen molar-refractivity contribution < 1.29 is 13.9 Å². The van der Waals surface area contributed by atoms with Gasteiger partial charge in [-0.1, -0.05) is 12.1 Å². The summed E-state index contributed by atoms with van der Waals surface area (Å²) in [7, 11) is 5.01. The summed E-state index contributed by atoms with van der Waals surface area (Å²) in [5.41, 5.74) is 1.20. The Hall–Kier alpha value is -2.96. The molecular weight excluding hydrogens is 296 g/mol. The zero-order valence-corrected chi connectivity index (χ0v) is 13.2. The van der Waals surface area contributed by atoms with Gasteiger partial charge in [0.15, 0.2) is 11.3 Å². The Morgan fingerprint density at radius 3 is 3.00 bits per heavy atom. The van der Waals surface area contributed by atoms with Crippen LogP contribution in [0.4, 0.5) is 5.82 Å². The van der Waals surface area contributed by atoms with Crippen molar-refractivity contribution >= 4 is 22.7 Å². The van der Waals surface area contributed by atoms with Gasteiger partial charge in [-0.15, -0.1) is 0 Å². The number of methoxy groups -OCH3 is 1. The van der Waals surface area contributed by atoms with Crippen molar-refractivity contribution in [1.82, 2.24) is 15.1 Å². The third-order valence-electron chi connectivity index (χ3n) is 3.49. The molecule has 1 aromatic carbocycles. The van der Waals surface area contributed by atoms with Crippen molar-refractivity contribution in [2.75, 3.05) is 26.5 Å². The van der Waals surface area contributed by atoms with E-state index < -0.39 is 0 Å². The minimum atomic E-state index is -0.118. The summed E-state index contributed by atoms with van der Waals surface area (Å²) in [6.45, 7) is 0.424. The van der Waals surface area contributed by atoms with Crippen molar-refractivity contribution in [3.63, 3.8) is 0 Å². The van der Waals surface area contributed by atoms with E-state index in [1.807, 2.05) is 24.3 Å². The molecule has 1 amide bonds. The van der Waals surface area contributed by atoms with E-state index in [4.69, 9.17) is 9.15 Å². The summed E-state index contributed by atoms with van der Waals surface area (Å²) in [6.07, 6.45) is 1.51. The highest BCUT2D eigenvalue weighted by Crippen LogP contribution is 2.28. The molecule has 23 heavy (non-hydrogen) atoms. The number of rotatable bonds is 5. The number of amides is 1. The molecule has 0 bridgehead atoms. The first-order valence-corrected chi connectivity index (χ1v) is 7.14. The third-order valence-corrected chi connectivity index (χ3v) is 3.49. The van der Waals surface area contributed by atoms with E-state index in [1.165, 1.54) is 11.1 Å². The van der Waals surface area contributed by atoms with Gasteiger partial charge in [-0.05, 0) is 12.1 Å². The van der Waals surface area contributed by atoms with E-state index >= 15 is 0 Å². The number of para-hydroxylation sites is 1. The number of aromatic amines is 1. The molecule has 2 heterocycles. The number of fused-ring (bicyclic) bond motifs is 1. The number of nitrogens with zero attached hydrogens (tertiary/aromatic N) is 2. The van der Waals surface area contributed by atoms with E-state index in [9.17, 15) is 4.79 Å². The minimum absolute atomic E-state index is 0.118. The minimum Gasteiger partial charge on any atom is -0.493 e. The molecule has 0 saturated carbocycles. The van der Waals surface area contributed by atoms with Crippen LogP contribution in [0.5, 0.6) is 5.75 Å². The molecule has 0 aliphatic carbocycles. The predicted molar refractivity (Wildman–Crippen MR) is 86.7 cm³/mol. The summed E-state index contributed by atoms with van der Waals surface area (Å²) in [5.74, 6) is 1.88. The number of nitrogens with one attached hydrogen (secondary N) is 2. The van der Waals surface area contributed by atoms with Crippen molar-refractivity contribution in [2.24, 2.45) is 0 Å². The molecule has 0 radical (unpaired) electrons. The van der Waals surface area contributed by atoms with Crippen molar-refractivity contribution in [3.05, 3.63) is 41.8 Å². The molecule has 0 aliphatic heterocycles. The number of hydrogen-bond acceptors (Lipinski definition) is 5. The topological polar surface area (TPSA) is 83.4 Å². The number of aromatic nitrogens is 2. The summed E-state index contributed by atoms with van der Waals surface area (Å²) >= 11 is 0. The zero-order chi connectivity index (χ0) is 16.4. The van der Waals surface area contributed by atoms with E-state index in [-0.39, 0.29) is 5.91 Å². The smallest absolute Gasteiger partial charge is 0.258 e. The van der Waals surface area contributed by atoms with Crippen LogP contribution >= 0.6 is 0 Å². The Morgan fingerprint density at radius 1 is 1.43 bits per heavy atom. The lowest BCUT2D eigenvalue weighted by molar-refractivity contribution is 0.0828. The molecule has 120 valence electrons. The molecule has 0 fully saturated rings. The van der Waals surface area contributed by atoms with E-state index in [0.717, 1.165) is 11.1 Å². The highest BCUT2D eigenvalue weighted by Gasteiger charge is 2.16. The van der Waals surface area contributed by atoms with Gasteiger partial charge in [0.1, 0.15) is 17.1 Å². The van der Waals surface area contributed by atoms with Crippen LogP contribution in [-0.2, 0) is 6.54 Å². The fourth-order valence-electron chi connectivity index (χ4n) is 2.34. The number of hydrogen-bond donors (Lipinski definition) is 2. The third kappa shape index (κ3) is 2.85. The first-order chi connectivity index (χ1) is 11.1. The number of anilines is 1. The average molecular weight is 314 g/mol. The summed E-state index contributed by atoms with van der Waals surface area (Å²) in [5, 5.41) is 10.8. The normalized spacial score (nSPS) is 10.7. The maximum atomic E-state index is 12.0. The maximum absolute atomic E-state index is 12.0. The van der Waals surface area contributed by atoms with Gasteiger partial charge < -0.3 is 19.4 Å². The molecule has 2 aromatic heterocycles. The Balaban J connectivity index is 1.79. The Morgan fingerprint density at radius 2 is 2.26 bits per heavy atom. The molecule has 0 atom stereocenters. The first kappa shape index (κ1) is 15.0. The molecular formula is C16H18N4O3. The number of ether oxygens (including phenoxy) is 1. The van der Waals surface area contributed by atoms with Gasteiger partial charge in [-0.3, -0.25) is 9.89 Å². The quantitative estimate of drug-likeness (QED) is 0.756. The molecule has 0 aliphatic rings. The fourth-order valence-corrected chi connectivity index (χ4v) is 2.34. The Labute approximate surface area is 133 Å². The lowest BCUT2D eigenvalue weighted by Gasteiger charge is -2.10. The summed E-state index contributed by atoms with van der Waals surface area (Å²) in [6, 6.07) is 7.67. The molecule has 7 nitrogen and oxygen atoms in total. The molecule has 0 spiro atoms. The molecule has 0 unspecified atom stereocenters. The Bertz CT molecular complexity index is 835. The number of H-pyrrole nitrogens is 1. The predicted octanol–water partition coefficient (Wildman–Crippen LogP) is 2.48. The van der Waals surface area contributed by atoms with Gasteiger partial charge in [-0.2, -0.15) is 5.10 Å². The fraction of sp³-hybridized carbons (Fsp3) is 0.250. The summed E-state index contributed by atoms with van der Waals surface area (Å²) < 4.78 is 11.1. The molecule has 7 heteroatoms. The average Bonchev–Trinajstić information content (AvgIpc) is 3.17. The van der Waals surface area contributed by atoms with Crippen LogP contribution in [0.3, 0.4) is 0 Å². The van der Waals surface area contributed by atoms with Crippen molar-refractivity contribution in [2.45, 2.75) is 6.54 Å². The first-order valence-electron chi connectivity index (χ1n) is 7.14. The van der Waals surface area contributed by atoms with E-state index in [1.54, 1.807) is 21.2 Å². The van der Waals surface area contributed by atoms with Gasteiger partial charge >= 0.3 is 0 Å². The van der Waals surface area contributed by atoms with Gasteiger partial charge in [0.2, 0.25) is 0 Å². The van der Waals surface area contributed by atoms with Gasteiger partial charge in [0.05, 0.1) is 19.9 Å². The second kappa shape index (κ2) is 6.04.